The molecule has 0 aliphatic carbocycles. The van der Waals surface area contributed by atoms with Gasteiger partial charge in [-0.25, -0.2) is 0 Å². The van der Waals surface area contributed by atoms with E-state index >= 15 is 0 Å². The third-order valence-electron chi connectivity index (χ3n) is 2.97. The molecule has 1 aromatic carbocycles. The number of anilines is 1. The average molecular weight is 366 g/mol. The molecule has 1 aliphatic heterocycles. The molecule has 1 unspecified atom stereocenters. The lowest BCUT2D eigenvalue weighted by atomic mass is 10.1. The van der Waals surface area contributed by atoms with Crippen LogP contribution in [0.4, 0.5) is 5.69 Å². The molecule has 0 spiro atoms. The third-order valence-corrected chi connectivity index (χ3v) is 4.10. The number of halogens is 2. The quantitative estimate of drug-likeness (QED) is 0.620. The molecule has 0 radical (unpaired) electrons. The summed E-state index contributed by atoms with van der Waals surface area (Å²) in [5, 5.41) is 4.23. The van der Waals surface area contributed by atoms with Gasteiger partial charge in [-0.1, -0.05) is 11.6 Å². The molecule has 94 valence electrons. The molecule has 17 heavy (non-hydrogen) atoms. The van der Waals surface area contributed by atoms with Crippen LogP contribution in [-0.2, 0) is 4.74 Å². The van der Waals surface area contributed by atoms with Gasteiger partial charge in [0.15, 0.2) is 0 Å². The summed E-state index contributed by atoms with van der Waals surface area (Å²) >= 11 is 8.22. The predicted molar refractivity (Wildman–Crippen MR) is 80.9 cm³/mol. The van der Waals surface area contributed by atoms with E-state index in [0.29, 0.717) is 6.10 Å². The van der Waals surface area contributed by atoms with Crippen LogP contribution >= 0.6 is 34.2 Å². The summed E-state index contributed by atoms with van der Waals surface area (Å²) in [6.45, 7) is 1.95. The molecule has 2 nitrogen and oxygen atoms in total. The average Bonchev–Trinajstić information content (AvgIpc) is 2.79. The molecule has 1 aliphatic rings. The van der Waals surface area contributed by atoms with Crippen LogP contribution in [-0.4, -0.2) is 19.3 Å². The molecule has 1 saturated heterocycles. The van der Waals surface area contributed by atoms with Crippen molar-refractivity contribution in [3.8, 4) is 0 Å². The van der Waals surface area contributed by atoms with E-state index in [-0.39, 0.29) is 0 Å². The minimum atomic E-state index is 0.501. The minimum Gasteiger partial charge on any atom is -0.384 e. The number of rotatable bonds is 5. The molecule has 2 rings (SSSR count). The smallest absolute Gasteiger partial charge is 0.0576 e. The second-order valence-electron chi connectivity index (χ2n) is 4.33. The zero-order valence-electron chi connectivity index (χ0n) is 9.72. The summed E-state index contributed by atoms with van der Waals surface area (Å²) in [6, 6.07) is 5.94. The zero-order chi connectivity index (χ0) is 12.1. The van der Waals surface area contributed by atoms with E-state index in [4.69, 9.17) is 16.3 Å². The first-order valence-corrected chi connectivity index (χ1v) is 7.52. The first-order chi connectivity index (χ1) is 8.25. The number of hydrogen-bond donors (Lipinski definition) is 1. The fraction of sp³-hybridized carbons (Fsp3) is 0.538. The second kappa shape index (κ2) is 6.81. The molecule has 1 heterocycles. The molecule has 0 amide bonds. The van der Waals surface area contributed by atoms with Crippen molar-refractivity contribution in [2.75, 3.05) is 18.5 Å². The Hall–Kier alpha value is -0.000000000000000111. The maximum atomic E-state index is 5.92. The molecule has 1 N–H and O–H groups in total. The number of hydrogen-bond acceptors (Lipinski definition) is 2. The minimum absolute atomic E-state index is 0.501. The standard InChI is InChI=1S/C13H17ClINO/c14-10-5-6-13(12(15)9-10)16-7-1-3-11-4-2-8-17-11/h5-6,9,11,16H,1-4,7-8H2. The summed E-state index contributed by atoms with van der Waals surface area (Å²) < 4.78 is 6.77. The van der Waals surface area contributed by atoms with Crippen molar-refractivity contribution in [3.05, 3.63) is 26.8 Å². The van der Waals surface area contributed by atoms with Gasteiger partial charge in [-0.3, -0.25) is 0 Å². The van der Waals surface area contributed by atoms with Crippen LogP contribution in [0.25, 0.3) is 0 Å². The molecule has 4 heteroatoms. The molecule has 1 atom stereocenters. The van der Waals surface area contributed by atoms with Crippen LogP contribution in [0.3, 0.4) is 0 Å². The Kier molecular flexibility index (Phi) is 5.38. The fourth-order valence-corrected chi connectivity index (χ4v) is 3.12. The highest BCUT2D eigenvalue weighted by Crippen LogP contribution is 2.22. The first-order valence-electron chi connectivity index (χ1n) is 6.06. The summed E-state index contributed by atoms with van der Waals surface area (Å²) in [5.41, 5.74) is 1.17. The van der Waals surface area contributed by atoms with Crippen molar-refractivity contribution < 1.29 is 4.74 Å². The van der Waals surface area contributed by atoms with E-state index in [2.05, 4.69) is 27.9 Å². The van der Waals surface area contributed by atoms with E-state index in [1.807, 2.05) is 18.2 Å². The number of benzene rings is 1. The van der Waals surface area contributed by atoms with Gasteiger partial charge < -0.3 is 10.1 Å². The lowest BCUT2D eigenvalue weighted by Crippen LogP contribution is -2.09. The van der Waals surface area contributed by atoms with Gasteiger partial charge in [0.05, 0.1) is 6.10 Å². The van der Waals surface area contributed by atoms with Crippen LogP contribution in [0.2, 0.25) is 5.02 Å². The maximum Gasteiger partial charge on any atom is 0.0576 e. The Balaban J connectivity index is 1.70. The normalized spacial score (nSPS) is 19.5. The van der Waals surface area contributed by atoms with Crippen molar-refractivity contribution >= 4 is 39.9 Å². The van der Waals surface area contributed by atoms with Crippen molar-refractivity contribution in [1.82, 2.24) is 0 Å². The van der Waals surface area contributed by atoms with Gasteiger partial charge in [-0.2, -0.15) is 0 Å². The van der Waals surface area contributed by atoms with Crippen LogP contribution < -0.4 is 5.32 Å². The summed E-state index contributed by atoms with van der Waals surface area (Å²) in [4.78, 5) is 0. The molecular formula is C13H17ClINO. The predicted octanol–water partition coefficient (Wildman–Crippen LogP) is 4.32. The Morgan fingerprint density at radius 1 is 1.47 bits per heavy atom. The third kappa shape index (κ3) is 4.30. The van der Waals surface area contributed by atoms with E-state index in [1.165, 1.54) is 22.1 Å². The lowest BCUT2D eigenvalue weighted by Gasteiger charge is -2.11. The van der Waals surface area contributed by atoms with Crippen LogP contribution in [0.5, 0.6) is 0 Å². The monoisotopic (exact) mass is 365 g/mol. The van der Waals surface area contributed by atoms with Crippen LogP contribution in [0, 0.1) is 3.57 Å². The van der Waals surface area contributed by atoms with Gasteiger partial charge in [0, 0.05) is 27.4 Å². The Morgan fingerprint density at radius 3 is 3.06 bits per heavy atom. The summed E-state index contributed by atoms with van der Waals surface area (Å²) in [6.07, 6.45) is 5.28. The largest absolute Gasteiger partial charge is 0.384 e. The van der Waals surface area contributed by atoms with Crippen molar-refractivity contribution in [1.29, 1.82) is 0 Å². The molecule has 0 saturated carbocycles. The summed E-state index contributed by atoms with van der Waals surface area (Å²) in [5.74, 6) is 0. The molecule has 1 fully saturated rings. The van der Waals surface area contributed by atoms with Crippen molar-refractivity contribution in [2.45, 2.75) is 31.8 Å². The highest BCUT2D eigenvalue weighted by atomic mass is 127. The van der Waals surface area contributed by atoms with Gasteiger partial charge in [-0.15, -0.1) is 0 Å². The van der Waals surface area contributed by atoms with E-state index in [1.54, 1.807) is 0 Å². The Morgan fingerprint density at radius 2 is 2.35 bits per heavy atom. The summed E-state index contributed by atoms with van der Waals surface area (Å²) in [7, 11) is 0. The topological polar surface area (TPSA) is 21.3 Å². The fourth-order valence-electron chi connectivity index (χ4n) is 2.06. The van der Waals surface area contributed by atoms with Gasteiger partial charge >= 0.3 is 0 Å². The second-order valence-corrected chi connectivity index (χ2v) is 5.93. The molecule has 0 bridgehead atoms. The Labute approximate surface area is 121 Å². The highest BCUT2D eigenvalue weighted by Gasteiger charge is 2.14. The van der Waals surface area contributed by atoms with E-state index in [0.717, 1.165) is 31.0 Å². The number of nitrogens with one attached hydrogen (secondary N) is 1. The lowest BCUT2D eigenvalue weighted by molar-refractivity contribution is 0.103. The first kappa shape index (κ1) is 13.4. The van der Waals surface area contributed by atoms with Gasteiger partial charge in [0.2, 0.25) is 0 Å². The van der Waals surface area contributed by atoms with E-state index in [9.17, 15) is 0 Å². The molecule has 0 aromatic heterocycles. The van der Waals surface area contributed by atoms with E-state index < -0.39 is 0 Å². The van der Waals surface area contributed by atoms with Gasteiger partial charge in [-0.05, 0) is 66.5 Å². The molecule has 1 aromatic rings. The van der Waals surface area contributed by atoms with Crippen molar-refractivity contribution in [3.63, 3.8) is 0 Å². The van der Waals surface area contributed by atoms with Crippen molar-refractivity contribution in [2.24, 2.45) is 0 Å². The zero-order valence-corrected chi connectivity index (χ0v) is 12.6. The van der Waals surface area contributed by atoms with Crippen LogP contribution in [0.1, 0.15) is 25.7 Å². The SMILES string of the molecule is Clc1ccc(NCCCC2CCCO2)c(I)c1. The Bertz CT molecular complexity index is 366. The maximum absolute atomic E-state index is 5.92. The highest BCUT2D eigenvalue weighted by molar-refractivity contribution is 14.1. The van der Waals surface area contributed by atoms with Crippen LogP contribution in [0.15, 0.2) is 18.2 Å². The molecular weight excluding hydrogens is 349 g/mol. The number of ether oxygens (including phenoxy) is 1. The van der Waals surface area contributed by atoms with Gasteiger partial charge in [0.25, 0.3) is 0 Å². The van der Waals surface area contributed by atoms with Gasteiger partial charge in [0.1, 0.15) is 0 Å².